The van der Waals surface area contributed by atoms with Crippen LogP contribution in [0.1, 0.15) is 23.2 Å². The van der Waals surface area contributed by atoms with Gasteiger partial charge in [0, 0.05) is 12.1 Å². The maximum Gasteiger partial charge on any atom is 0.251 e. The highest BCUT2D eigenvalue weighted by Gasteiger charge is 2.24. The van der Waals surface area contributed by atoms with Gasteiger partial charge in [0.2, 0.25) is 0 Å². The first-order valence-corrected chi connectivity index (χ1v) is 8.55. The lowest BCUT2D eigenvalue weighted by Crippen LogP contribution is -2.34. The summed E-state index contributed by atoms with van der Waals surface area (Å²) in [5.41, 5.74) is 0.316. The molecule has 1 aliphatic heterocycles. The number of nitrogens with one attached hydrogen (secondary N) is 1. The molecule has 1 aromatic rings. The summed E-state index contributed by atoms with van der Waals surface area (Å²) in [5, 5.41) is 2.76. The molecular weight excluding hydrogens is 297 g/mol. The fraction of sp³-hybridized carbons (Fsp3) is 0.500. The van der Waals surface area contributed by atoms with Crippen molar-refractivity contribution in [1.82, 2.24) is 5.32 Å². The van der Waals surface area contributed by atoms with Gasteiger partial charge in [-0.25, -0.2) is 12.8 Å². The number of hydrogen-bond acceptors (Lipinski definition) is 4. The molecule has 1 saturated heterocycles. The second kappa shape index (κ2) is 6.43. The lowest BCUT2D eigenvalue weighted by Gasteiger charge is -2.22. The first kappa shape index (κ1) is 15.8. The van der Waals surface area contributed by atoms with Gasteiger partial charge < -0.3 is 10.1 Å². The van der Waals surface area contributed by atoms with E-state index in [1.54, 1.807) is 0 Å². The van der Waals surface area contributed by atoms with Crippen LogP contribution < -0.4 is 10.1 Å². The molecule has 1 aliphatic rings. The molecule has 1 amide bonds. The Morgan fingerprint density at radius 1 is 1.38 bits per heavy atom. The number of benzene rings is 1. The first-order valence-electron chi connectivity index (χ1n) is 6.73. The van der Waals surface area contributed by atoms with E-state index in [0.717, 1.165) is 0 Å². The highest BCUT2D eigenvalue weighted by atomic mass is 32.2. The fourth-order valence-corrected chi connectivity index (χ4v) is 3.87. The largest absolute Gasteiger partial charge is 0.494 e. The summed E-state index contributed by atoms with van der Waals surface area (Å²) in [6, 6.07) is 3.91. The molecule has 0 bridgehead atoms. The van der Waals surface area contributed by atoms with E-state index in [-0.39, 0.29) is 29.1 Å². The lowest BCUT2D eigenvalue weighted by atomic mass is 10.0. The van der Waals surface area contributed by atoms with Crippen molar-refractivity contribution in [3.63, 3.8) is 0 Å². The van der Waals surface area contributed by atoms with Crippen LogP contribution in [0.25, 0.3) is 0 Å². The predicted octanol–water partition coefficient (Wildman–Crippen LogP) is 1.39. The second-order valence-corrected chi connectivity index (χ2v) is 7.46. The minimum Gasteiger partial charge on any atom is -0.494 e. The van der Waals surface area contributed by atoms with Crippen molar-refractivity contribution in [2.75, 3.05) is 25.2 Å². The topological polar surface area (TPSA) is 72.5 Å². The maximum absolute atomic E-state index is 13.3. The molecule has 116 valence electrons. The van der Waals surface area contributed by atoms with Crippen LogP contribution in [0, 0.1) is 11.7 Å². The first-order chi connectivity index (χ1) is 9.91. The molecule has 0 radical (unpaired) electrons. The number of halogens is 1. The molecule has 1 aromatic carbocycles. The zero-order valence-electron chi connectivity index (χ0n) is 11.8. The number of rotatable bonds is 4. The fourth-order valence-electron chi connectivity index (χ4n) is 2.28. The average molecular weight is 315 g/mol. The van der Waals surface area contributed by atoms with Crippen LogP contribution >= 0.6 is 0 Å². The van der Waals surface area contributed by atoms with Gasteiger partial charge in [-0.3, -0.25) is 4.79 Å². The van der Waals surface area contributed by atoms with E-state index in [1.807, 2.05) is 0 Å². The Labute approximate surface area is 123 Å². The standard InChI is InChI=1S/C14H18FNO4S/c1-20-13-8-11(2-3-12(13)15)14(17)16-9-10-4-6-21(18,19)7-5-10/h2-3,8,10H,4-7,9H2,1H3,(H,16,17). The number of methoxy groups -OCH3 is 1. The molecule has 1 heterocycles. The number of carbonyl (C=O) groups excluding carboxylic acids is 1. The molecule has 0 aromatic heterocycles. The molecule has 2 rings (SSSR count). The third-order valence-electron chi connectivity index (χ3n) is 3.64. The summed E-state index contributed by atoms with van der Waals surface area (Å²) in [6.07, 6.45) is 1.13. The molecule has 0 atom stereocenters. The highest BCUT2D eigenvalue weighted by Crippen LogP contribution is 2.20. The van der Waals surface area contributed by atoms with E-state index in [0.29, 0.717) is 24.9 Å². The summed E-state index contributed by atoms with van der Waals surface area (Å²) < 4.78 is 40.7. The van der Waals surface area contributed by atoms with Gasteiger partial charge in [-0.05, 0) is 37.0 Å². The predicted molar refractivity (Wildman–Crippen MR) is 76.7 cm³/mol. The Hall–Kier alpha value is -1.63. The molecule has 0 aliphatic carbocycles. The molecule has 0 unspecified atom stereocenters. The molecule has 0 spiro atoms. The number of ether oxygens (including phenoxy) is 1. The number of hydrogen-bond donors (Lipinski definition) is 1. The van der Waals surface area contributed by atoms with Gasteiger partial charge in [-0.2, -0.15) is 0 Å². The molecule has 7 heteroatoms. The summed E-state index contributed by atoms with van der Waals surface area (Å²) >= 11 is 0. The Balaban J connectivity index is 1.90. The van der Waals surface area contributed by atoms with Crippen molar-refractivity contribution in [3.8, 4) is 5.75 Å². The van der Waals surface area contributed by atoms with E-state index in [1.165, 1.54) is 25.3 Å². The van der Waals surface area contributed by atoms with Crippen molar-refractivity contribution < 1.29 is 22.3 Å². The van der Waals surface area contributed by atoms with Crippen molar-refractivity contribution in [2.45, 2.75) is 12.8 Å². The molecular formula is C14H18FNO4S. The Morgan fingerprint density at radius 3 is 2.67 bits per heavy atom. The van der Waals surface area contributed by atoms with Crippen molar-refractivity contribution >= 4 is 15.7 Å². The quantitative estimate of drug-likeness (QED) is 0.911. The van der Waals surface area contributed by atoms with Crippen LogP contribution in [0.5, 0.6) is 5.75 Å². The summed E-state index contributed by atoms with van der Waals surface area (Å²) in [4.78, 5) is 12.0. The Bertz CT molecular complexity index is 616. The van der Waals surface area contributed by atoms with Crippen LogP contribution in [0.15, 0.2) is 18.2 Å². The minimum absolute atomic E-state index is 0.0198. The summed E-state index contributed by atoms with van der Waals surface area (Å²) in [7, 11) is -1.56. The van der Waals surface area contributed by atoms with Gasteiger partial charge in [0.25, 0.3) is 5.91 Å². The van der Waals surface area contributed by atoms with E-state index < -0.39 is 15.7 Å². The Kier molecular flexibility index (Phi) is 4.82. The third-order valence-corrected chi connectivity index (χ3v) is 5.35. The van der Waals surface area contributed by atoms with Gasteiger partial charge >= 0.3 is 0 Å². The molecule has 1 N–H and O–H groups in total. The van der Waals surface area contributed by atoms with Crippen molar-refractivity contribution in [3.05, 3.63) is 29.6 Å². The van der Waals surface area contributed by atoms with Crippen molar-refractivity contribution in [2.24, 2.45) is 5.92 Å². The maximum atomic E-state index is 13.3. The molecule has 21 heavy (non-hydrogen) atoms. The average Bonchev–Trinajstić information content (AvgIpc) is 2.46. The summed E-state index contributed by atoms with van der Waals surface area (Å²) in [5.74, 6) is -0.296. The summed E-state index contributed by atoms with van der Waals surface area (Å²) in [6.45, 7) is 0.425. The van der Waals surface area contributed by atoms with Crippen molar-refractivity contribution in [1.29, 1.82) is 0 Å². The highest BCUT2D eigenvalue weighted by molar-refractivity contribution is 7.91. The second-order valence-electron chi connectivity index (χ2n) is 5.15. The van der Waals surface area contributed by atoms with Crippen LogP contribution in [-0.2, 0) is 9.84 Å². The van der Waals surface area contributed by atoms with Gasteiger partial charge in [0.15, 0.2) is 11.6 Å². The lowest BCUT2D eigenvalue weighted by molar-refractivity contribution is 0.0946. The minimum atomic E-state index is -2.89. The van der Waals surface area contributed by atoms with E-state index >= 15 is 0 Å². The monoisotopic (exact) mass is 315 g/mol. The Morgan fingerprint density at radius 2 is 2.05 bits per heavy atom. The molecule has 1 fully saturated rings. The third kappa shape index (κ3) is 4.17. The zero-order chi connectivity index (χ0) is 15.5. The molecule has 5 nitrogen and oxygen atoms in total. The number of sulfone groups is 1. The number of amides is 1. The van der Waals surface area contributed by atoms with Crippen LogP contribution in [-0.4, -0.2) is 39.5 Å². The van der Waals surface area contributed by atoms with Gasteiger partial charge in [0.05, 0.1) is 18.6 Å². The van der Waals surface area contributed by atoms with E-state index in [9.17, 15) is 17.6 Å². The van der Waals surface area contributed by atoms with E-state index in [2.05, 4.69) is 5.32 Å². The smallest absolute Gasteiger partial charge is 0.251 e. The van der Waals surface area contributed by atoms with Crippen LogP contribution in [0.2, 0.25) is 0 Å². The number of carbonyl (C=O) groups is 1. The van der Waals surface area contributed by atoms with Crippen LogP contribution in [0.3, 0.4) is 0 Å². The van der Waals surface area contributed by atoms with E-state index in [4.69, 9.17) is 4.74 Å². The van der Waals surface area contributed by atoms with Crippen LogP contribution in [0.4, 0.5) is 4.39 Å². The normalized spacial score (nSPS) is 18.2. The van der Waals surface area contributed by atoms with Gasteiger partial charge in [-0.15, -0.1) is 0 Å². The molecule has 0 saturated carbocycles. The SMILES string of the molecule is COc1cc(C(=O)NCC2CCS(=O)(=O)CC2)ccc1F. The van der Waals surface area contributed by atoms with Gasteiger partial charge in [0.1, 0.15) is 9.84 Å². The zero-order valence-corrected chi connectivity index (χ0v) is 12.6. The van der Waals surface area contributed by atoms with Gasteiger partial charge in [-0.1, -0.05) is 0 Å².